The van der Waals surface area contributed by atoms with Gasteiger partial charge in [-0.05, 0) is 71.8 Å². The molecular formula is C22H35FN2O3. The van der Waals surface area contributed by atoms with E-state index >= 15 is 0 Å². The first-order valence-electron chi connectivity index (χ1n) is 10.1. The minimum Gasteiger partial charge on any atom is -0.443 e. The maximum Gasteiger partial charge on any atom is 0.418 e. The predicted molar refractivity (Wildman–Crippen MR) is 109 cm³/mol. The third-order valence-electron chi connectivity index (χ3n) is 5.37. The van der Waals surface area contributed by atoms with Gasteiger partial charge in [-0.1, -0.05) is 13.8 Å². The minimum absolute atomic E-state index is 0.000775. The van der Waals surface area contributed by atoms with Crippen LogP contribution in [0.4, 0.5) is 14.9 Å². The number of ether oxygens (including phenoxy) is 1. The van der Waals surface area contributed by atoms with Crippen molar-refractivity contribution >= 4 is 17.7 Å². The summed E-state index contributed by atoms with van der Waals surface area (Å²) in [5, 5.41) is 0. The van der Waals surface area contributed by atoms with Crippen LogP contribution in [0.3, 0.4) is 0 Å². The van der Waals surface area contributed by atoms with Gasteiger partial charge in [-0.25, -0.2) is 9.18 Å². The average Bonchev–Trinajstić information content (AvgIpc) is 3.04. The van der Waals surface area contributed by atoms with Gasteiger partial charge in [0.1, 0.15) is 12.3 Å². The Balaban J connectivity index is 2.32. The Morgan fingerprint density at radius 1 is 1.21 bits per heavy atom. The standard InChI is InChI=1S/C22H35FN2O3/c1-20(2,3)28-19(27)24-13-10-17(14-24)25(18(26)22(6,7)15-23)16-8-11-21(4,5)12-9-16/h10,13-14,16H,8-9,11-12,15H2,1-7H3. The van der Waals surface area contributed by atoms with Crippen molar-refractivity contribution in [3.63, 3.8) is 0 Å². The number of hydrogen-bond acceptors (Lipinski definition) is 3. The summed E-state index contributed by atoms with van der Waals surface area (Å²) in [4.78, 5) is 27.3. The second kappa shape index (κ2) is 7.88. The predicted octanol–water partition coefficient (Wildman–Crippen LogP) is 5.57. The van der Waals surface area contributed by atoms with E-state index in [-0.39, 0.29) is 17.4 Å². The first-order valence-corrected chi connectivity index (χ1v) is 10.1. The normalized spacial score (nSPS) is 18.0. The summed E-state index contributed by atoms with van der Waals surface area (Å²) >= 11 is 0. The monoisotopic (exact) mass is 394 g/mol. The second-order valence-corrected chi connectivity index (χ2v) is 10.3. The Morgan fingerprint density at radius 2 is 1.79 bits per heavy atom. The fourth-order valence-electron chi connectivity index (χ4n) is 3.48. The van der Waals surface area contributed by atoms with Crippen molar-refractivity contribution in [2.24, 2.45) is 10.8 Å². The molecule has 1 fully saturated rings. The number of carbonyl (C=O) groups is 2. The van der Waals surface area contributed by atoms with Crippen LogP contribution in [0.2, 0.25) is 0 Å². The number of rotatable bonds is 4. The van der Waals surface area contributed by atoms with Gasteiger partial charge in [0.05, 0.1) is 11.1 Å². The maximum atomic E-state index is 13.6. The lowest BCUT2D eigenvalue weighted by molar-refractivity contribution is -0.128. The quantitative estimate of drug-likeness (QED) is 0.671. The lowest BCUT2D eigenvalue weighted by Crippen LogP contribution is -2.49. The number of anilines is 1. The summed E-state index contributed by atoms with van der Waals surface area (Å²) in [7, 11) is 0. The molecule has 0 aliphatic heterocycles. The average molecular weight is 395 g/mol. The zero-order chi connectivity index (χ0) is 21.3. The van der Waals surface area contributed by atoms with Crippen LogP contribution >= 0.6 is 0 Å². The van der Waals surface area contributed by atoms with Crippen molar-refractivity contribution in [3.05, 3.63) is 18.5 Å². The molecule has 1 amide bonds. The van der Waals surface area contributed by atoms with Crippen molar-refractivity contribution in [2.45, 2.75) is 85.8 Å². The molecule has 1 aliphatic carbocycles. The molecule has 1 aromatic rings. The first kappa shape index (κ1) is 22.4. The fraction of sp³-hybridized carbons (Fsp3) is 0.727. The Hall–Kier alpha value is -1.85. The van der Waals surface area contributed by atoms with Gasteiger partial charge in [0.25, 0.3) is 0 Å². The Bertz CT molecular complexity index is 706. The van der Waals surface area contributed by atoms with Gasteiger partial charge in [-0.3, -0.25) is 9.36 Å². The molecule has 1 heterocycles. The van der Waals surface area contributed by atoms with Gasteiger partial charge in [-0.2, -0.15) is 0 Å². The summed E-state index contributed by atoms with van der Waals surface area (Å²) in [6.45, 7) is 12.4. The summed E-state index contributed by atoms with van der Waals surface area (Å²) in [5.41, 5.74) is -0.853. The Morgan fingerprint density at radius 3 is 2.29 bits per heavy atom. The van der Waals surface area contributed by atoms with E-state index in [2.05, 4.69) is 13.8 Å². The highest BCUT2D eigenvalue weighted by molar-refractivity contribution is 5.98. The highest BCUT2D eigenvalue weighted by atomic mass is 19.1. The molecule has 5 nitrogen and oxygen atoms in total. The number of hydrogen-bond donors (Lipinski definition) is 0. The van der Waals surface area contributed by atoms with Crippen molar-refractivity contribution in [3.8, 4) is 0 Å². The zero-order valence-electron chi connectivity index (χ0n) is 18.3. The molecule has 28 heavy (non-hydrogen) atoms. The molecule has 0 atom stereocenters. The van der Waals surface area contributed by atoms with Gasteiger partial charge in [0, 0.05) is 18.4 Å². The van der Waals surface area contributed by atoms with Crippen molar-refractivity contribution in [1.29, 1.82) is 0 Å². The largest absolute Gasteiger partial charge is 0.443 e. The maximum absolute atomic E-state index is 13.6. The number of aromatic nitrogens is 1. The van der Waals surface area contributed by atoms with Crippen LogP contribution in [0, 0.1) is 10.8 Å². The van der Waals surface area contributed by atoms with E-state index in [9.17, 15) is 14.0 Å². The zero-order valence-corrected chi connectivity index (χ0v) is 18.3. The summed E-state index contributed by atoms with van der Waals surface area (Å²) in [5.74, 6) is -0.248. The molecule has 2 rings (SSSR count). The molecule has 0 aromatic carbocycles. The van der Waals surface area contributed by atoms with Gasteiger partial charge >= 0.3 is 6.09 Å². The lowest BCUT2D eigenvalue weighted by atomic mass is 9.75. The number of halogens is 1. The van der Waals surface area contributed by atoms with Gasteiger partial charge in [0.2, 0.25) is 5.91 Å². The van der Waals surface area contributed by atoms with Gasteiger partial charge < -0.3 is 9.64 Å². The topological polar surface area (TPSA) is 51.5 Å². The smallest absolute Gasteiger partial charge is 0.418 e. The molecule has 1 aliphatic rings. The van der Waals surface area contributed by atoms with Crippen LogP contribution in [0.5, 0.6) is 0 Å². The van der Waals surface area contributed by atoms with Crippen LogP contribution in [0.25, 0.3) is 0 Å². The summed E-state index contributed by atoms with van der Waals surface area (Å²) in [6, 6.07) is 1.73. The lowest BCUT2D eigenvalue weighted by Gasteiger charge is -2.42. The molecule has 0 saturated heterocycles. The molecule has 0 radical (unpaired) electrons. The SMILES string of the molecule is CC1(C)CCC(N(C(=O)C(C)(C)CF)c2ccn(C(=O)OC(C)(C)C)c2)CC1. The second-order valence-electron chi connectivity index (χ2n) is 10.3. The molecule has 158 valence electrons. The third-order valence-corrected chi connectivity index (χ3v) is 5.37. The van der Waals surface area contributed by atoms with Gasteiger partial charge in [0.15, 0.2) is 0 Å². The molecule has 0 unspecified atom stereocenters. The number of carbonyl (C=O) groups excluding carboxylic acids is 2. The van der Waals surface area contributed by atoms with E-state index in [4.69, 9.17) is 4.74 Å². The van der Waals surface area contributed by atoms with Crippen molar-refractivity contribution in [1.82, 2.24) is 4.57 Å². The van der Waals surface area contributed by atoms with Crippen molar-refractivity contribution in [2.75, 3.05) is 11.6 Å². The van der Waals surface area contributed by atoms with Crippen LogP contribution in [-0.2, 0) is 9.53 Å². The summed E-state index contributed by atoms with van der Waals surface area (Å²) < 4.78 is 20.3. The molecule has 1 aromatic heterocycles. The molecule has 0 spiro atoms. The highest BCUT2D eigenvalue weighted by Crippen LogP contribution is 2.39. The van der Waals surface area contributed by atoms with Crippen molar-refractivity contribution < 1.29 is 18.7 Å². The van der Waals surface area contributed by atoms with E-state index < -0.39 is 23.8 Å². The molecule has 1 saturated carbocycles. The minimum atomic E-state index is -1.11. The Labute approximate surface area is 168 Å². The molecular weight excluding hydrogens is 359 g/mol. The van der Waals surface area contributed by atoms with Crippen LogP contribution in [0.15, 0.2) is 18.5 Å². The molecule has 0 bridgehead atoms. The van der Waals surface area contributed by atoms with E-state index in [0.29, 0.717) is 5.69 Å². The van der Waals surface area contributed by atoms with Crippen LogP contribution < -0.4 is 4.90 Å². The summed E-state index contributed by atoms with van der Waals surface area (Å²) in [6.07, 6.45) is 6.44. The highest BCUT2D eigenvalue weighted by Gasteiger charge is 2.39. The fourth-order valence-corrected chi connectivity index (χ4v) is 3.48. The van der Waals surface area contributed by atoms with E-state index in [1.54, 1.807) is 58.0 Å². The van der Waals surface area contributed by atoms with Crippen LogP contribution in [-0.4, -0.2) is 34.9 Å². The molecule has 6 heteroatoms. The van der Waals surface area contributed by atoms with E-state index in [1.807, 2.05) is 0 Å². The number of nitrogens with zero attached hydrogens (tertiary/aromatic N) is 2. The van der Waals surface area contributed by atoms with E-state index in [0.717, 1.165) is 25.7 Å². The third kappa shape index (κ3) is 5.36. The Kier molecular flexibility index (Phi) is 6.31. The van der Waals surface area contributed by atoms with Crippen LogP contribution in [0.1, 0.15) is 74.1 Å². The number of alkyl halides is 1. The van der Waals surface area contributed by atoms with Gasteiger partial charge in [-0.15, -0.1) is 0 Å². The van der Waals surface area contributed by atoms with E-state index in [1.165, 1.54) is 4.57 Å². The number of amides is 1. The first-order chi connectivity index (χ1) is 12.8. The molecule has 0 N–H and O–H groups in total.